The molecular formula is C15H19F3N2. The first-order valence-electron chi connectivity index (χ1n) is 6.48. The van der Waals surface area contributed by atoms with Crippen LogP contribution in [-0.4, -0.2) is 9.78 Å². The predicted octanol–water partition coefficient (Wildman–Crippen LogP) is 4.75. The topological polar surface area (TPSA) is 17.8 Å². The summed E-state index contributed by atoms with van der Waals surface area (Å²) in [4.78, 5) is 0. The zero-order valence-electron chi connectivity index (χ0n) is 12.3. The Kier molecular flexibility index (Phi) is 4.98. The number of alkyl halides is 3. The molecule has 110 valence electrons. The van der Waals surface area contributed by atoms with E-state index in [1.165, 1.54) is 12.1 Å². The van der Waals surface area contributed by atoms with Crippen LogP contribution in [0.5, 0.6) is 0 Å². The predicted molar refractivity (Wildman–Crippen MR) is 74.5 cm³/mol. The van der Waals surface area contributed by atoms with E-state index >= 15 is 0 Å². The Balaban J connectivity index is 0.000000956. The molecule has 0 fully saturated rings. The van der Waals surface area contributed by atoms with E-state index < -0.39 is 11.7 Å². The smallest absolute Gasteiger partial charge is 0.272 e. The average molecular weight is 284 g/mol. The fourth-order valence-corrected chi connectivity index (χ4v) is 1.81. The number of rotatable bonds is 1. The summed E-state index contributed by atoms with van der Waals surface area (Å²) in [6, 6.07) is 5.08. The molecule has 2 nitrogen and oxygen atoms in total. The molecule has 0 aliphatic carbocycles. The first-order chi connectivity index (χ1) is 9.30. The third kappa shape index (κ3) is 3.21. The van der Waals surface area contributed by atoms with Crippen molar-refractivity contribution in [3.05, 3.63) is 41.1 Å². The lowest BCUT2D eigenvalue weighted by atomic mass is 10.1. The number of aryl methyl sites for hydroxylation is 1. The fourth-order valence-electron chi connectivity index (χ4n) is 1.81. The summed E-state index contributed by atoms with van der Waals surface area (Å²) < 4.78 is 39.1. The van der Waals surface area contributed by atoms with Gasteiger partial charge in [0, 0.05) is 18.3 Å². The summed E-state index contributed by atoms with van der Waals surface area (Å²) >= 11 is 0. The Hall–Kier alpha value is -1.78. The van der Waals surface area contributed by atoms with Gasteiger partial charge in [0.25, 0.3) is 0 Å². The number of hydrogen-bond acceptors (Lipinski definition) is 1. The minimum absolute atomic E-state index is 0.642. The summed E-state index contributed by atoms with van der Waals surface area (Å²) in [5.41, 5.74) is 2.77. The SMILES string of the molecule is CC.Cc1c(-c2ccc(C(F)(F)F)cc2)nn(C)c1C. The van der Waals surface area contributed by atoms with E-state index in [1.54, 1.807) is 4.68 Å². The molecule has 0 saturated carbocycles. The maximum Gasteiger partial charge on any atom is 0.416 e. The highest BCUT2D eigenvalue weighted by Gasteiger charge is 2.30. The lowest BCUT2D eigenvalue weighted by molar-refractivity contribution is -0.137. The zero-order chi connectivity index (χ0) is 15.5. The van der Waals surface area contributed by atoms with Crippen molar-refractivity contribution in [2.24, 2.45) is 7.05 Å². The molecule has 0 saturated heterocycles. The van der Waals surface area contributed by atoms with E-state index in [4.69, 9.17) is 0 Å². The van der Waals surface area contributed by atoms with Gasteiger partial charge in [-0.25, -0.2) is 0 Å². The molecule has 0 amide bonds. The first kappa shape index (κ1) is 16.3. The van der Waals surface area contributed by atoms with Crippen LogP contribution in [0.3, 0.4) is 0 Å². The third-order valence-corrected chi connectivity index (χ3v) is 3.12. The van der Waals surface area contributed by atoms with E-state index in [0.29, 0.717) is 5.56 Å². The molecule has 0 N–H and O–H groups in total. The molecular weight excluding hydrogens is 265 g/mol. The molecule has 0 spiro atoms. The highest BCUT2D eigenvalue weighted by molar-refractivity contribution is 5.64. The normalized spacial score (nSPS) is 11.0. The summed E-state index contributed by atoms with van der Waals surface area (Å²) in [7, 11) is 1.82. The van der Waals surface area contributed by atoms with E-state index in [9.17, 15) is 13.2 Å². The maximum absolute atomic E-state index is 12.4. The van der Waals surface area contributed by atoms with Gasteiger partial charge in [0.1, 0.15) is 0 Å². The van der Waals surface area contributed by atoms with Crippen molar-refractivity contribution in [3.63, 3.8) is 0 Å². The molecule has 5 heteroatoms. The molecule has 1 aromatic heterocycles. The largest absolute Gasteiger partial charge is 0.416 e. The van der Waals surface area contributed by atoms with Crippen LogP contribution in [0.25, 0.3) is 11.3 Å². The van der Waals surface area contributed by atoms with E-state index in [-0.39, 0.29) is 0 Å². The Bertz CT molecular complexity index is 566. The summed E-state index contributed by atoms with van der Waals surface area (Å²) in [6.45, 7) is 7.84. The lowest BCUT2D eigenvalue weighted by Gasteiger charge is -2.06. The Morgan fingerprint density at radius 2 is 1.50 bits per heavy atom. The van der Waals surface area contributed by atoms with Crippen molar-refractivity contribution in [3.8, 4) is 11.3 Å². The molecule has 1 aromatic carbocycles. The van der Waals surface area contributed by atoms with Crippen LogP contribution in [0.1, 0.15) is 30.7 Å². The van der Waals surface area contributed by atoms with Crippen molar-refractivity contribution in [1.82, 2.24) is 9.78 Å². The Morgan fingerprint density at radius 1 is 1.00 bits per heavy atom. The summed E-state index contributed by atoms with van der Waals surface area (Å²) in [5.74, 6) is 0. The quantitative estimate of drug-likeness (QED) is 0.739. The van der Waals surface area contributed by atoms with Crippen LogP contribution in [-0.2, 0) is 13.2 Å². The minimum atomic E-state index is -4.30. The van der Waals surface area contributed by atoms with Crippen LogP contribution in [0.4, 0.5) is 13.2 Å². The van der Waals surface area contributed by atoms with Crippen LogP contribution >= 0.6 is 0 Å². The average Bonchev–Trinajstić information content (AvgIpc) is 2.68. The van der Waals surface area contributed by atoms with Gasteiger partial charge in [-0.3, -0.25) is 4.68 Å². The van der Waals surface area contributed by atoms with Gasteiger partial charge in [-0.2, -0.15) is 18.3 Å². The molecule has 1 heterocycles. The lowest BCUT2D eigenvalue weighted by Crippen LogP contribution is -2.04. The number of hydrogen-bond donors (Lipinski definition) is 0. The number of aromatic nitrogens is 2. The monoisotopic (exact) mass is 284 g/mol. The number of nitrogens with zero attached hydrogens (tertiary/aromatic N) is 2. The van der Waals surface area contributed by atoms with Crippen molar-refractivity contribution in [1.29, 1.82) is 0 Å². The molecule has 2 aromatic rings. The standard InChI is InChI=1S/C13H13F3N2.C2H6/c1-8-9(2)18(3)17-12(8)10-4-6-11(7-5-10)13(14,15)16;1-2/h4-7H,1-3H3;1-2H3. The van der Waals surface area contributed by atoms with Crippen LogP contribution in [0.2, 0.25) is 0 Å². The second-order valence-corrected chi connectivity index (χ2v) is 4.26. The van der Waals surface area contributed by atoms with Crippen LogP contribution in [0.15, 0.2) is 24.3 Å². The molecule has 0 bridgehead atoms. The molecule has 20 heavy (non-hydrogen) atoms. The van der Waals surface area contributed by atoms with Crippen molar-refractivity contribution in [2.45, 2.75) is 33.9 Å². The van der Waals surface area contributed by atoms with Crippen LogP contribution in [0, 0.1) is 13.8 Å². The van der Waals surface area contributed by atoms with Gasteiger partial charge < -0.3 is 0 Å². The van der Waals surface area contributed by atoms with Gasteiger partial charge in [0.2, 0.25) is 0 Å². The van der Waals surface area contributed by atoms with Crippen molar-refractivity contribution < 1.29 is 13.2 Å². The first-order valence-corrected chi connectivity index (χ1v) is 6.48. The third-order valence-electron chi connectivity index (χ3n) is 3.12. The number of halogens is 3. The molecule has 2 rings (SSSR count). The van der Waals surface area contributed by atoms with Gasteiger partial charge in [-0.05, 0) is 31.5 Å². The molecule has 0 aliphatic rings. The highest BCUT2D eigenvalue weighted by atomic mass is 19.4. The zero-order valence-corrected chi connectivity index (χ0v) is 12.3. The number of benzene rings is 1. The summed E-state index contributed by atoms with van der Waals surface area (Å²) in [5, 5.41) is 4.31. The second-order valence-electron chi connectivity index (χ2n) is 4.26. The van der Waals surface area contributed by atoms with Crippen LogP contribution < -0.4 is 0 Å². The van der Waals surface area contributed by atoms with E-state index in [1.807, 2.05) is 34.7 Å². The van der Waals surface area contributed by atoms with E-state index in [0.717, 1.165) is 29.1 Å². The molecule has 0 aliphatic heterocycles. The molecule has 0 radical (unpaired) electrons. The Morgan fingerprint density at radius 3 is 1.85 bits per heavy atom. The van der Waals surface area contributed by atoms with Gasteiger partial charge in [-0.1, -0.05) is 26.0 Å². The molecule has 0 atom stereocenters. The van der Waals surface area contributed by atoms with Gasteiger partial charge in [-0.15, -0.1) is 0 Å². The van der Waals surface area contributed by atoms with Gasteiger partial charge >= 0.3 is 6.18 Å². The molecule has 0 unspecified atom stereocenters. The maximum atomic E-state index is 12.4. The Labute approximate surface area is 117 Å². The fraction of sp³-hybridized carbons (Fsp3) is 0.400. The second kappa shape index (κ2) is 6.11. The van der Waals surface area contributed by atoms with E-state index in [2.05, 4.69) is 5.10 Å². The van der Waals surface area contributed by atoms with Gasteiger partial charge in [0.05, 0.1) is 11.3 Å². The minimum Gasteiger partial charge on any atom is -0.272 e. The van der Waals surface area contributed by atoms with Gasteiger partial charge in [0.15, 0.2) is 0 Å². The van der Waals surface area contributed by atoms with Crippen molar-refractivity contribution >= 4 is 0 Å². The van der Waals surface area contributed by atoms with Crippen molar-refractivity contribution in [2.75, 3.05) is 0 Å². The summed E-state index contributed by atoms with van der Waals surface area (Å²) in [6.07, 6.45) is -4.30. The highest BCUT2D eigenvalue weighted by Crippen LogP contribution is 2.31.